The molecule has 1 aromatic heterocycles. The average Bonchev–Trinajstić information content (AvgIpc) is 2.48. The zero-order valence-electron chi connectivity index (χ0n) is 10.6. The summed E-state index contributed by atoms with van der Waals surface area (Å²) in [5.41, 5.74) is 1.94. The number of aromatic nitrogens is 2. The molecule has 0 saturated heterocycles. The van der Waals surface area contributed by atoms with Gasteiger partial charge in [-0.1, -0.05) is 36.4 Å². The van der Waals surface area contributed by atoms with Gasteiger partial charge >= 0.3 is 0 Å². The van der Waals surface area contributed by atoms with Crippen LogP contribution in [0.1, 0.15) is 11.3 Å². The van der Waals surface area contributed by atoms with E-state index in [1.807, 2.05) is 24.3 Å². The molecular formula is C15H11N3O2. The Kier molecular flexibility index (Phi) is 3.09. The summed E-state index contributed by atoms with van der Waals surface area (Å²) in [6.45, 7) is 0. The molecule has 0 spiro atoms. The highest BCUT2D eigenvalue weighted by molar-refractivity contribution is 5.83. The molecule has 0 fully saturated rings. The van der Waals surface area contributed by atoms with Crippen LogP contribution >= 0.6 is 0 Å². The molecule has 98 valence electrons. The number of hydrogen-bond acceptors (Lipinski definition) is 4. The maximum absolute atomic E-state index is 10.6. The molecule has 3 rings (SSSR count). The van der Waals surface area contributed by atoms with Gasteiger partial charge in [0.25, 0.3) is 5.69 Å². The van der Waals surface area contributed by atoms with Crippen molar-refractivity contribution in [2.75, 3.05) is 0 Å². The van der Waals surface area contributed by atoms with Crippen LogP contribution < -0.4 is 0 Å². The van der Waals surface area contributed by atoms with Crippen molar-refractivity contribution < 1.29 is 4.92 Å². The third-order valence-electron chi connectivity index (χ3n) is 3.17. The first-order valence-electron chi connectivity index (χ1n) is 6.17. The van der Waals surface area contributed by atoms with Crippen molar-refractivity contribution >= 4 is 16.5 Å². The van der Waals surface area contributed by atoms with Crippen LogP contribution in [-0.4, -0.2) is 15.1 Å². The summed E-state index contributed by atoms with van der Waals surface area (Å²) < 4.78 is 0. The second-order valence-corrected chi connectivity index (χ2v) is 4.48. The Labute approximate surface area is 115 Å². The van der Waals surface area contributed by atoms with Crippen molar-refractivity contribution in [3.8, 4) is 0 Å². The molecule has 0 N–H and O–H groups in total. The van der Waals surface area contributed by atoms with Crippen molar-refractivity contribution in [1.82, 2.24) is 10.2 Å². The van der Waals surface area contributed by atoms with Crippen molar-refractivity contribution in [3.63, 3.8) is 0 Å². The summed E-state index contributed by atoms with van der Waals surface area (Å²) in [6, 6.07) is 14.4. The number of non-ortho nitro benzene ring substituents is 1. The zero-order chi connectivity index (χ0) is 13.9. The molecule has 3 aromatic rings. The van der Waals surface area contributed by atoms with Gasteiger partial charge in [0.1, 0.15) is 0 Å². The minimum Gasteiger partial charge on any atom is -0.258 e. The van der Waals surface area contributed by atoms with E-state index in [0.29, 0.717) is 6.42 Å². The minimum absolute atomic E-state index is 0.0951. The molecule has 0 aliphatic rings. The van der Waals surface area contributed by atoms with Gasteiger partial charge in [0.15, 0.2) is 0 Å². The SMILES string of the molecule is O=[N+]([O-])c1ccc(Cc2nncc3ccccc23)cc1. The van der Waals surface area contributed by atoms with Crippen molar-refractivity contribution in [1.29, 1.82) is 0 Å². The molecule has 0 bridgehead atoms. The summed E-state index contributed by atoms with van der Waals surface area (Å²) in [6.07, 6.45) is 2.33. The smallest absolute Gasteiger partial charge is 0.258 e. The molecular weight excluding hydrogens is 254 g/mol. The van der Waals surface area contributed by atoms with Gasteiger partial charge in [-0.05, 0) is 5.56 Å². The number of fused-ring (bicyclic) bond motifs is 1. The number of nitro groups is 1. The predicted octanol–water partition coefficient (Wildman–Crippen LogP) is 3.13. The topological polar surface area (TPSA) is 68.9 Å². The van der Waals surface area contributed by atoms with Crippen LogP contribution in [0.25, 0.3) is 10.8 Å². The first kappa shape index (κ1) is 12.2. The van der Waals surface area contributed by atoms with E-state index in [2.05, 4.69) is 10.2 Å². The minimum atomic E-state index is -0.401. The third kappa shape index (κ3) is 2.33. The van der Waals surface area contributed by atoms with Crippen LogP contribution in [0.4, 0.5) is 5.69 Å². The highest BCUT2D eigenvalue weighted by Gasteiger charge is 2.07. The van der Waals surface area contributed by atoms with Gasteiger partial charge in [-0.25, -0.2) is 0 Å². The summed E-state index contributed by atoms with van der Waals surface area (Å²) in [5, 5.41) is 20.9. The number of benzene rings is 2. The fourth-order valence-electron chi connectivity index (χ4n) is 2.15. The zero-order valence-corrected chi connectivity index (χ0v) is 10.6. The fourth-order valence-corrected chi connectivity index (χ4v) is 2.15. The van der Waals surface area contributed by atoms with Crippen molar-refractivity contribution in [2.24, 2.45) is 0 Å². The van der Waals surface area contributed by atoms with Gasteiger partial charge < -0.3 is 0 Å². The van der Waals surface area contributed by atoms with Gasteiger partial charge in [0.05, 0.1) is 16.8 Å². The van der Waals surface area contributed by atoms with Crippen LogP contribution in [-0.2, 0) is 6.42 Å². The largest absolute Gasteiger partial charge is 0.269 e. The summed E-state index contributed by atoms with van der Waals surface area (Å²) in [4.78, 5) is 10.2. The molecule has 0 aliphatic carbocycles. The highest BCUT2D eigenvalue weighted by Crippen LogP contribution is 2.19. The van der Waals surface area contributed by atoms with Gasteiger partial charge in [0.2, 0.25) is 0 Å². The average molecular weight is 265 g/mol. The highest BCUT2D eigenvalue weighted by atomic mass is 16.6. The Morgan fingerprint density at radius 3 is 2.55 bits per heavy atom. The monoisotopic (exact) mass is 265 g/mol. The summed E-state index contributed by atoms with van der Waals surface area (Å²) >= 11 is 0. The second kappa shape index (κ2) is 5.05. The lowest BCUT2D eigenvalue weighted by Crippen LogP contribution is -1.96. The maximum atomic E-state index is 10.6. The Bertz CT molecular complexity index is 764. The second-order valence-electron chi connectivity index (χ2n) is 4.48. The Morgan fingerprint density at radius 1 is 1.05 bits per heavy atom. The lowest BCUT2D eigenvalue weighted by atomic mass is 10.0. The van der Waals surface area contributed by atoms with E-state index in [4.69, 9.17) is 0 Å². The van der Waals surface area contributed by atoms with E-state index in [-0.39, 0.29) is 5.69 Å². The number of rotatable bonds is 3. The van der Waals surface area contributed by atoms with E-state index in [1.54, 1.807) is 18.3 Å². The van der Waals surface area contributed by atoms with Gasteiger partial charge in [-0.2, -0.15) is 10.2 Å². The molecule has 0 saturated carbocycles. The number of nitrogens with zero attached hydrogens (tertiary/aromatic N) is 3. The van der Waals surface area contributed by atoms with Crippen molar-refractivity contribution in [3.05, 3.63) is 76.1 Å². The van der Waals surface area contributed by atoms with Crippen molar-refractivity contribution in [2.45, 2.75) is 6.42 Å². The van der Waals surface area contributed by atoms with E-state index < -0.39 is 4.92 Å². The lowest BCUT2D eigenvalue weighted by molar-refractivity contribution is -0.384. The normalized spacial score (nSPS) is 10.6. The number of nitro benzene ring substituents is 1. The predicted molar refractivity (Wildman–Crippen MR) is 75.4 cm³/mol. The molecule has 5 heteroatoms. The van der Waals surface area contributed by atoms with E-state index >= 15 is 0 Å². The Hall–Kier alpha value is -2.82. The lowest BCUT2D eigenvalue weighted by Gasteiger charge is -2.04. The molecule has 0 radical (unpaired) electrons. The Morgan fingerprint density at radius 2 is 1.80 bits per heavy atom. The molecule has 5 nitrogen and oxygen atoms in total. The fraction of sp³-hybridized carbons (Fsp3) is 0.0667. The molecule has 0 atom stereocenters. The molecule has 1 heterocycles. The van der Waals surface area contributed by atoms with E-state index in [9.17, 15) is 10.1 Å². The summed E-state index contributed by atoms with van der Waals surface area (Å²) in [7, 11) is 0. The van der Waals surface area contributed by atoms with Gasteiger partial charge in [0, 0.05) is 29.3 Å². The van der Waals surface area contributed by atoms with Crippen LogP contribution in [0.2, 0.25) is 0 Å². The Balaban J connectivity index is 1.95. The molecule has 0 aliphatic heterocycles. The van der Waals surface area contributed by atoms with Gasteiger partial charge in [-0.15, -0.1) is 0 Å². The molecule has 20 heavy (non-hydrogen) atoms. The van der Waals surface area contributed by atoms with Crippen LogP contribution in [0.15, 0.2) is 54.7 Å². The molecule has 2 aromatic carbocycles. The van der Waals surface area contributed by atoms with Crippen LogP contribution in [0.3, 0.4) is 0 Å². The van der Waals surface area contributed by atoms with Gasteiger partial charge in [-0.3, -0.25) is 10.1 Å². The van der Waals surface area contributed by atoms with E-state index in [1.165, 1.54) is 12.1 Å². The number of hydrogen-bond donors (Lipinski definition) is 0. The molecule has 0 unspecified atom stereocenters. The first-order chi connectivity index (χ1) is 9.74. The van der Waals surface area contributed by atoms with Crippen LogP contribution in [0, 0.1) is 10.1 Å². The van der Waals surface area contributed by atoms with E-state index in [0.717, 1.165) is 22.0 Å². The van der Waals surface area contributed by atoms with Crippen LogP contribution in [0.5, 0.6) is 0 Å². The first-order valence-corrected chi connectivity index (χ1v) is 6.17. The maximum Gasteiger partial charge on any atom is 0.269 e. The summed E-state index contributed by atoms with van der Waals surface area (Å²) in [5.74, 6) is 0. The standard InChI is InChI=1S/C15H11N3O2/c19-18(20)13-7-5-11(6-8-13)9-15-14-4-2-1-3-12(14)10-16-17-15/h1-8,10H,9H2. The third-order valence-corrected chi connectivity index (χ3v) is 3.17. The quantitative estimate of drug-likeness (QED) is 0.539. The molecule has 0 amide bonds.